The Morgan fingerprint density at radius 1 is 1.10 bits per heavy atom. The first-order valence-corrected chi connectivity index (χ1v) is 9.31. The van der Waals surface area contributed by atoms with Crippen molar-refractivity contribution in [2.75, 3.05) is 25.0 Å². The number of hydrogen-bond donors (Lipinski definition) is 1. The van der Waals surface area contributed by atoms with Gasteiger partial charge in [-0.3, -0.25) is 9.69 Å². The second kappa shape index (κ2) is 7.82. The summed E-state index contributed by atoms with van der Waals surface area (Å²) >= 11 is 0. The van der Waals surface area contributed by atoms with E-state index < -0.39 is 12.1 Å². The third-order valence-corrected chi connectivity index (χ3v) is 5.05. The molecule has 2 aromatic carbocycles. The zero-order chi connectivity index (χ0) is 20.4. The van der Waals surface area contributed by atoms with Crippen molar-refractivity contribution in [1.82, 2.24) is 15.1 Å². The number of amides is 1. The normalized spacial score (nSPS) is 16.2. The average molecular weight is 404 g/mol. The quantitative estimate of drug-likeness (QED) is 0.710. The molecule has 152 valence electrons. The van der Waals surface area contributed by atoms with Gasteiger partial charge < -0.3 is 9.73 Å². The van der Waals surface area contributed by atoms with Crippen LogP contribution in [-0.2, 0) is 11.0 Å². The minimum atomic E-state index is -4.63. The Labute approximate surface area is 164 Å². The van der Waals surface area contributed by atoms with Crippen molar-refractivity contribution in [2.24, 2.45) is 0 Å². The van der Waals surface area contributed by atoms with Gasteiger partial charge in [0.2, 0.25) is 11.8 Å². The summed E-state index contributed by atoms with van der Waals surface area (Å²) in [6.07, 6.45) is -3.52. The fourth-order valence-electron chi connectivity index (χ4n) is 3.58. The number of hydrogen-bond acceptors (Lipinski definition) is 5. The van der Waals surface area contributed by atoms with Gasteiger partial charge >= 0.3 is 12.1 Å². The van der Waals surface area contributed by atoms with Gasteiger partial charge in [0.05, 0.1) is 6.54 Å². The van der Waals surface area contributed by atoms with Crippen LogP contribution in [0.15, 0.2) is 46.9 Å². The third-order valence-electron chi connectivity index (χ3n) is 5.05. The number of alkyl halides is 3. The maximum Gasteiger partial charge on any atom is 0.470 e. The van der Waals surface area contributed by atoms with Crippen molar-refractivity contribution in [3.8, 4) is 0 Å². The van der Waals surface area contributed by atoms with Crippen LogP contribution in [0.1, 0.15) is 30.5 Å². The zero-order valence-electron chi connectivity index (χ0n) is 15.4. The summed E-state index contributed by atoms with van der Waals surface area (Å²) < 4.78 is 42.6. The molecule has 1 amide bonds. The van der Waals surface area contributed by atoms with Crippen LogP contribution in [-0.4, -0.2) is 40.6 Å². The molecule has 6 nitrogen and oxygen atoms in total. The molecule has 0 aliphatic carbocycles. The van der Waals surface area contributed by atoms with Crippen LogP contribution in [0.4, 0.5) is 18.9 Å². The van der Waals surface area contributed by atoms with Gasteiger partial charge in [0.15, 0.2) is 0 Å². The lowest BCUT2D eigenvalue weighted by Crippen LogP contribution is -2.38. The Balaban J connectivity index is 1.32. The van der Waals surface area contributed by atoms with Crippen molar-refractivity contribution in [2.45, 2.75) is 24.9 Å². The molecule has 0 radical (unpaired) electrons. The summed E-state index contributed by atoms with van der Waals surface area (Å²) in [7, 11) is 0. The first-order valence-electron chi connectivity index (χ1n) is 9.31. The van der Waals surface area contributed by atoms with E-state index in [0.29, 0.717) is 25.9 Å². The second-order valence-corrected chi connectivity index (χ2v) is 7.07. The molecule has 1 saturated heterocycles. The molecule has 29 heavy (non-hydrogen) atoms. The summed E-state index contributed by atoms with van der Waals surface area (Å²) in [4.78, 5) is 14.4. The number of piperidine rings is 1. The minimum Gasteiger partial charge on any atom is -0.417 e. The Morgan fingerprint density at radius 3 is 2.55 bits per heavy atom. The Kier molecular flexibility index (Phi) is 5.23. The van der Waals surface area contributed by atoms with Crippen molar-refractivity contribution in [3.63, 3.8) is 0 Å². The number of fused-ring (bicyclic) bond motifs is 1. The Morgan fingerprint density at radius 2 is 1.83 bits per heavy atom. The van der Waals surface area contributed by atoms with Gasteiger partial charge in [0, 0.05) is 17.0 Å². The van der Waals surface area contributed by atoms with Gasteiger partial charge in [-0.1, -0.05) is 36.4 Å². The maximum atomic E-state index is 12.6. The Hall–Kier alpha value is -2.94. The molecule has 0 saturated carbocycles. The average Bonchev–Trinajstić information content (AvgIpc) is 3.20. The summed E-state index contributed by atoms with van der Waals surface area (Å²) in [5.74, 6) is -1.66. The Bertz CT molecular complexity index is 1000. The highest BCUT2D eigenvalue weighted by atomic mass is 19.4. The van der Waals surface area contributed by atoms with Crippen molar-refractivity contribution >= 4 is 22.4 Å². The van der Waals surface area contributed by atoms with E-state index in [-0.39, 0.29) is 24.3 Å². The molecule has 9 heteroatoms. The largest absolute Gasteiger partial charge is 0.470 e. The first kappa shape index (κ1) is 19.4. The standard InChI is InChI=1S/C20H19F3N4O2/c21-20(22,23)19-26-25-18(29-19)14-8-10-27(11-9-14)12-17(28)24-16-7-3-5-13-4-1-2-6-15(13)16/h1-7,14H,8-12H2,(H,24,28). The molecule has 0 spiro atoms. The van der Waals surface area contributed by atoms with E-state index in [1.165, 1.54) is 0 Å². The summed E-state index contributed by atoms with van der Waals surface area (Å²) in [6.45, 7) is 1.35. The number of carbonyl (C=O) groups is 1. The van der Waals surface area contributed by atoms with Crippen LogP contribution in [0.2, 0.25) is 0 Å². The number of rotatable bonds is 4. The zero-order valence-corrected chi connectivity index (χ0v) is 15.4. The lowest BCUT2D eigenvalue weighted by molar-refractivity contribution is -0.157. The molecule has 0 bridgehead atoms. The van der Waals surface area contributed by atoms with Crippen LogP contribution >= 0.6 is 0 Å². The number of halogens is 3. The van der Waals surface area contributed by atoms with Crippen molar-refractivity contribution < 1.29 is 22.4 Å². The highest BCUT2D eigenvalue weighted by Crippen LogP contribution is 2.32. The molecule has 3 aromatic rings. The maximum absolute atomic E-state index is 12.6. The molecule has 0 unspecified atom stereocenters. The lowest BCUT2D eigenvalue weighted by atomic mass is 9.97. The van der Waals surface area contributed by atoms with Crippen molar-refractivity contribution in [1.29, 1.82) is 0 Å². The van der Waals surface area contributed by atoms with E-state index in [0.717, 1.165) is 16.5 Å². The molecular formula is C20H19F3N4O2. The summed E-state index contributed by atoms with van der Waals surface area (Å²) in [5, 5.41) is 11.6. The SMILES string of the molecule is O=C(CN1CCC(c2nnc(C(F)(F)F)o2)CC1)Nc1cccc2ccccc12. The molecule has 4 rings (SSSR count). The monoisotopic (exact) mass is 404 g/mol. The number of likely N-dealkylation sites (tertiary alicyclic amines) is 1. The van der Waals surface area contributed by atoms with Crippen LogP contribution < -0.4 is 5.32 Å². The summed E-state index contributed by atoms with van der Waals surface area (Å²) in [5.41, 5.74) is 0.758. The van der Waals surface area contributed by atoms with Gasteiger partial charge in [-0.2, -0.15) is 13.2 Å². The van der Waals surface area contributed by atoms with E-state index >= 15 is 0 Å². The fraction of sp³-hybridized carbons (Fsp3) is 0.350. The molecule has 1 aliphatic rings. The van der Waals surface area contributed by atoms with Crippen LogP contribution in [0.3, 0.4) is 0 Å². The number of nitrogens with zero attached hydrogens (tertiary/aromatic N) is 3. The van der Waals surface area contributed by atoms with E-state index in [9.17, 15) is 18.0 Å². The number of nitrogens with one attached hydrogen (secondary N) is 1. The highest BCUT2D eigenvalue weighted by Gasteiger charge is 2.39. The minimum absolute atomic E-state index is 0.0113. The predicted octanol–water partition coefficient (Wildman–Crippen LogP) is 4.06. The number of aromatic nitrogens is 2. The molecule has 0 atom stereocenters. The van der Waals surface area contributed by atoms with E-state index in [1.807, 2.05) is 47.4 Å². The fourth-order valence-corrected chi connectivity index (χ4v) is 3.58. The lowest BCUT2D eigenvalue weighted by Gasteiger charge is -2.29. The predicted molar refractivity (Wildman–Crippen MR) is 100 cm³/mol. The molecule has 1 fully saturated rings. The summed E-state index contributed by atoms with van der Waals surface area (Å²) in [6, 6.07) is 13.5. The van der Waals surface area contributed by atoms with Gasteiger partial charge in [0.1, 0.15) is 0 Å². The van der Waals surface area contributed by atoms with Gasteiger partial charge in [-0.15, -0.1) is 10.2 Å². The smallest absolute Gasteiger partial charge is 0.417 e. The molecule has 1 N–H and O–H groups in total. The first-order chi connectivity index (χ1) is 13.9. The number of anilines is 1. The highest BCUT2D eigenvalue weighted by molar-refractivity contribution is 6.02. The van der Waals surface area contributed by atoms with Gasteiger partial charge in [-0.05, 0) is 37.4 Å². The van der Waals surface area contributed by atoms with Crippen LogP contribution in [0, 0.1) is 0 Å². The van der Waals surface area contributed by atoms with E-state index in [2.05, 4.69) is 15.5 Å². The van der Waals surface area contributed by atoms with Gasteiger partial charge in [0.25, 0.3) is 0 Å². The third kappa shape index (κ3) is 4.40. The molecule has 1 aliphatic heterocycles. The second-order valence-electron chi connectivity index (χ2n) is 7.07. The molecular weight excluding hydrogens is 385 g/mol. The van der Waals surface area contributed by atoms with E-state index in [1.54, 1.807) is 0 Å². The number of benzene rings is 2. The van der Waals surface area contributed by atoms with Crippen LogP contribution in [0.25, 0.3) is 10.8 Å². The number of carbonyl (C=O) groups excluding carboxylic acids is 1. The molecule has 1 aromatic heterocycles. The van der Waals surface area contributed by atoms with Crippen LogP contribution in [0.5, 0.6) is 0 Å². The topological polar surface area (TPSA) is 71.3 Å². The van der Waals surface area contributed by atoms with Gasteiger partial charge in [-0.25, -0.2) is 0 Å². The van der Waals surface area contributed by atoms with Crippen molar-refractivity contribution in [3.05, 3.63) is 54.2 Å². The van der Waals surface area contributed by atoms with E-state index in [4.69, 9.17) is 4.42 Å². The molecule has 2 heterocycles.